The van der Waals surface area contributed by atoms with Crippen LogP contribution < -0.4 is 10.2 Å². The molecule has 0 heterocycles. The van der Waals surface area contributed by atoms with Gasteiger partial charge in [-0.25, -0.2) is 0 Å². The first kappa shape index (κ1) is 11.0. The molecule has 0 aliphatic rings. The average molecular weight is 218 g/mol. The van der Waals surface area contributed by atoms with Crippen LogP contribution in [0.1, 0.15) is 8.35 Å². The van der Waals surface area contributed by atoms with Gasteiger partial charge >= 0.3 is 7.12 Å². The minimum Gasteiger partial charge on any atom is -0.494 e. The summed E-state index contributed by atoms with van der Waals surface area (Å²) in [5.74, 6) is 0.826. The maximum Gasteiger partial charge on any atom is 0.488 e. The molecular weight excluding hydrogens is 203 g/mol. The summed E-state index contributed by atoms with van der Waals surface area (Å²) in [4.78, 5) is 0. The fourth-order valence-electron chi connectivity index (χ4n) is 1.66. The van der Waals surface area contributed by atoms with E-state index in [1.807, 2.05) is 31.2 Å². The monoisotopic (exact) mass is 218 g/mol. The van der Waals surface area contributed by atoms with Gasteiger partial charge in [-0.1, -0.05) is 24.3 Å². The molecular formula is C12H15BO3. The lowest BCUT2D eigenvalue weighted by Gasteiger charge is -2.06. The zero-order valence-electron chi connectivity index (χ0n) is 9.05. The van der Waals surface area contributed by atoms with Gasteiger partial charge in [0.15, 0.2) is 0 Å². The first-order valence-corrected chi connectivity index (χ1v) is 5.23. The lowest BCUT2D eigenvalue weighted by molar-refractivity contribution is 0.341. The van der Waals surface area contributed by atoms with Gasteiger partial charge in [0.05, 0.1) is 6.61 Å². The Hall–Kier alpha value is -1.52. The third-order valence-electron chi connectivity index (χ3n) is 2.44. The first-order valence-electron chi connectivity index (χ1n) is 5.23. The van der Waals surface area contributed by atoms with E-state index in [-0.39, 0.29) is 1.43 Å². The second-order valence-corrected chi connectivity index (χ2v) is 3.58. The van der Waals surface area contributed by atoms with Crippen LogP contribution in [-0.4, -0.2) is 23.8 Å². The third kappa shape index (κ3) is 2.18. The highest BCUT2D eigenvalue weighted by atomic mass is 16.5. The van der Waals surface area contributed by atoms with Gasteiger partial charge in [0, 0.05) is 1.43 Å². The van der Waals surface area contributed by atoms with E-state index in [4.69, 9.17) is 14.8 Å². The summed E-state index contributed by atoms with van der Waals surface area (Å²) < 4.78 is 5.39. The van der Waals surface area contributed by atoms with Crippen molar-refractivity contribution in [1.82, 2.24) is 0 Å². The van der Waals surface area contributed by atoms with E-state index < -0.39 is 7.12 Å². The van der Waals surface area contributed by atoms with Gasteiger partial charge in [0.25, 0.3) is 0 Å². The van der Waals surface area contributed by atoms with E-state index >= 15 is 0 Å². The maximum atomic E-state index is 9.05. The Morgan fingerprint density at radius 1 is 1.12 bits per heavy atom. The van der Waals surface area contributed by atoms with Crippen molar-refractivity contribution in [2.45, 2.75) is 6.92 Å². The Morgan fingerprint density at radius 2 is 1.81 bits per heavy atom. The van der Waals surface area contributed by atoms with Crippen LogP contribution in [0, 0.1) is 0 Å². The molecule has 0 fully saturated rings. The number of ether oxygens (including phenoxy) is 1. The Morgan fingerprint density at radius 3 is 2.50 bits per heavy atom. The van der Waals surface area contributed by atoms with Crippen LogP contribution in [0.5, 0.6) is 5.75 Å². The smallest absolute Gasteiger partial charge is 0.488 e. The molecule has 84 valence electrons. The largest absolute Gasteiger partial charge is 0.494 e. The van der Waals surface area contributed by atoms with Gasteiger partial charge in [-0.15, -0.1) is 0 Å². The second kappa shape index (κ2) is 4.55. The highest BCUT2D eigenvalue weighted by Gasteiger charge is 2.10. The summed E-state index contributed by atoms with van der Waals surface area (Å²) in [7, 11) is -1.42. The SMILES string of the molecule is CCOc1ccc2cc(B(O)O)ccc2c1.[HH]. The van der Waals surface area contributed by atoms with Gasteiger partial charge in [0.2, 0.25) is 0 Å². The normalized spacial score (nSPS) is 10.4. The van der Waals surface area contributed by atoms with Crippen LogP contribution in [0.4, 0.5) is 0 Å². The van der Waals surface area contributed by atoms with Crippen molar-refractivity contribution in [3.05, 3.63) is 36.4 Å². The van der Waals surface area contributed by atoms with Gasteiger partial charge in [-0.05, 0) is 35.3 Å². The minimum absolute atomic E-state index is 0. The van der Waals surface area contributed by atoms with E-state index in [0.717, 1.165) is 16.5 Å². The quantitative estimate of drug-likeness (QED) is 0.760. The van der Waals surface area contributed by atoms with Crippen LogP contribution in [0.15, 0.2) is 36.4 Å². The van der Waals surface area contributed by atoms with Crippen molar-refractivity contribution in [1.29, 1.82) is 0 Å². The number of hydrogen-bond acceptors (Lipinski definition) is 3. The molecule has 0 saturated heterocycles. The summed E-state index contributed by atoms with van der Waals surface area (Å²) in [6.07, 6.45) is 0. The zero-order valence-corrected chi connectivity index (χ0v) is 9.05. The number of hydrogen-bond donors (Lipinski definition) is 2. The van der Waals surface area contributed by atoms with E-state index in [2.05, 4.69) is 0 Å². The topological polar surface area (TPSA) is 49.7 Å². The summed E-state index contributed by atoms with van der Waals surface area (Å²) in [5.41, 5.74) is 0.497. The molecule has 0 radical (unpaired) electrons. The van der Waals surface area contributed by atoms with Gasteiger partial charge in [0.1, 0.15) is 5.75 Å². The second-order valence-electron chi connectivity index (χ2n) is 3.58. The van der Waals surface area contributed by atoms with Crippen LogP contribution in [-0.2, 0) is 0 Å². The van der Waals surface area contributed by atoms with E-state index in [1.165, 1.54) is 0 Å². The van der Waals surface area contributed by atoms with E-state index in [0.29, 0.717) is 12.1 Å². The number of fused-ring (bicyclic) bond motifs is 1. The Bertz CT molecular complexity index is 502. The van der Waals surface area contributed by atoms with Crippen LogP contribution in [0.2, 0.25) is 0 Å². The Kier molecular flexibility index (Phi) is 3.13. The Balaban J connectivity index is 0.00000144. The molecule has 2 rings (SSSR count). The molecule has 2 N–H and O–H groups in total. The van der Waals surface area contributed by atoms with Crippen LogP contribution >= 0.6 is 0 Å². The lowest BCUT2D eigenvalue weighted by atomic mass is 9.79. The third-order valence-corrected chi connectivity index (χ3v) is 2.44. The van der Waals surface area contributed by atoms with Gasteiger partial charge in [-0.3, -0.25) is 0 Å². The fraction of sp³-hybridized carbons (Fsp3) is 0.167. The van der Waals surface area contributed by atoms with Crippen molar-refractivity contribution >= 4 is 23.4 Å². The molecule has 0 unspecified atom stereocenters. The van der Waals surface area contributed by atoms with Crippen molar-refractivity contribution in [3.63, 3.8) is 0 Å². The Labute approximate surface area is 95.9 Å². The van der Waals surface area contributed by atoms with Crippen molar-refractivity contribution in [3.8, 4) is 5.75 Å². The molecule has 2 aromatic carbocycles. The molecule has 0 saturated carbocycles. The lowest BCUT2D eigenvalue weighted by Crippen LogP contribution is -2.29. The summed E-state index contributed by atoms with van der Waals surface area (Å²) in [5, 5.41) is 20.1. The molecule has 4 heteroatoms. The first-order chi connectivity index (χ1) is 7.70. The summed E-state index contributed by atoms with van der Waals surface area (Å²) >= 11 is 0. The van der Waals surface area contributed by atoms with Crippen LogP contribution in [0.3, 0.4) is 0 Å². The predicted molar refractivity (Wildman–Crippen MR) is 67.1 cm³/mol. The number of rotatable bonds is 3. The summed E-state index contributed by atoms with van der Waals surface area (Å²) in [6, 6.07) is 11.0. The zero-order chi connectivity index (χ0) is 11.5. The molecule has 0 aliphatic carbocycles. The van der Waals surface area contributed by atoms with Crippen molar-refractivity contribution in [2.75, 3.05) is 6.61 Å². The molecule has 0 aromatic heterocycles. The highest BCUT2D eigenvalue weighted by Crippen LogP contribution is 2.19. The molecule has 0 atom stereocenters. The highest BCUT2D eigenvalue weighted by molar-refractivity contribution is 6.58. The van der Waals surface area contributed by atoms with Gasteiger partial charge < -0.3 is 14.8 Å². The summed E-state index contributed by atoms with van der Waals surface area (Å²) in [6.45, 7) is 2.58. The fourth-order valence-corrected chi connectivity index (χ4v) is 1.66. The van der Waals surface area contributed by atoms with Crippen molar-refractivity contribution < 1.29 is 16.2 Å². The molecule has 2 aromatic rings. The molecule has 0 amide bonds. The van der Waals surface area contributed by atoms with Crippen LogP contribution in [0.25, 0.3) is 10.8 Å². The maximum absolute atomic E-state index is 9.05. The molecule has 0 aliphatic heterocycles. The minimum atomic E-state index is -1.42. The molecule has 16 heavy (non-hydrogen) atoms. The molecule has 0 spiro atoms. The van der Waals surface area contributed by atoms with Gasteiger partial charge in [-0.2, -0.15) is 0 Å². The molecule has 0 bridgehead atoms. The van der Waals surface area contributed by atoms with E-state index in [9.17, 15) is 0 Å². The average Bonchev–Trinajstić information content (AvgIpc) is 2.28. The molecule has 3 nitrogen and oxygen atoms in total. The standard InChI is InChI=1S/C12H13BO3.H2/c1-2-16-12-6-4-9-7-11(13(14)15)5-3-10(9)8-12;/h3-8,14-15H,2H2,1H3;1H. The number of benzene rings is 2. The predicted octanol–water partition coefficient (Wildman–Crippen LogP) is 1.16. The van der Waals surface area contributed by atoms with Crippen molar-refractivity contribution in [2.24, 2.45) is 0 Å². The van der Waals surface area contributed by atoms with E-state index in [1.54, 1.807) is 12.1 Å².